The Hall–Kier alpha value is -4.63. The van der Waals surface area contributed by atoms with E-state index >= 15 is 0 Å². The molecular weight excluding hydrogens is 472 g/mol. The number of fused-ring (bicyclic) bond motifs is 1. The molecule has 0 fully saturated rings. The van der Waals surface area contributed by atoms with Crippen molar-refractivity contribution < 1.29 is 9.47 Å². The topological polar surface area (TPSA) is 142 Å². The summed E-state index contributed by atoms with van der Waals surface area (Å²) in [4.78, 5) is 17.9. The molecule has 174 valence electrons. The molecule has 0 radical (unpaired) electrons. The zero-order valence-electron chi connectivity index (χ0n) is 18.6. The van der Waals surface area contributed by atoms with Crippen molar-refractivity contribution in [1.29, 1.82) is 5.26 Å². The molecule has 0 spiro atoms. The van der Waals surface area contributed by atoms with E-state index in [0.717, 1.165) is 0 Å². The van der Waals surface area contributed by atoms with Crippen molar-refractivity contribution in [1.82, 2.24) is 44.7 Å². The molecule has 0 aliphatic carbocycles. The summed E-state index contributed by atoms with van der Waals surface area (Å²) in [5, 5.41) is 21.2. The molecule has 0 saturated heterocycles. The molecule has 5 aromatic rings. The summed E-state index contributed by atoms with van der Waals surface area (Å²) in [5.74, 6) is 0.698. The van der Waals surface area contributed by atoms with Crippen molar-refractivity contribution in [2.75, 3.05) is 7.11 Å². The number of rotatable bonds is 7. The van der Waals surface area contributed by atoms with Crippen LogP contribution >= 0.6 is 11.6 Å². The van der Waals surface area contributed by atoms with Gasteiger partial charge in [0.25, 0.3) is 0 Å². The predicted molar refractivity (Wildman–Crippen MR) is 124 cm³/mol. The van der Waals surface area contributed by atoms with Crippen molar-refractivity contribution in [2.45, 2.75) is 19.6 Å². The first-order valence-corrected chi connectivity index (χ1v) is 10.8. The summed E-state index contributed by atoms with van der Waals surface area (Å²) in [6, 6.07) is 9.03. The highest BCUT2D eigenvalue weighted by Gasteiger charge is 2.17. The van der Waals surface area contributed by atoms with Crippen LogP contribution in [-0.4, -0.2) is 57.9 Å². The van der Waals surface area contributed by atoms with E-state index in [1.807, 2.05) is 13.0 Å². The molecule has 4 aromatic heterocycles. The van der Waals surface area contributed by atoms with Gasteiger partial charge < -0.3 is 9.47 Å². The van der Waals surface area contributed by atoms with Gasteiger partial charge in [-0.05, 0) is 35.5 Å². The highest BCUT2D eigenvalue weighted by molar-refractivity contribution is 6.31. The fraction of sp³-hybridized carbons (Fsp3) is 0.182. The maximum Gasteiger partial charge on any atom is 0.233 e. The van der Waals surface area contributed by atoms with Gasteiger partial charge >= 0.3 is 0 Å². The zero-order valence-corrected chi connectivity index (χ0v) is 19.3. The molecule has 5 rings (SSSR count). The lowest BCUT2D eigenvalue weighted by Gasteiger charge is -2.13. The van der Waals surface area contributed by atoms with Crippen LogP contribution in [0, 0.1) is 11.3 Å². The fourth-order valence-electron chi connectivity index (χ4n) is 3.54. The Bertz CT molecular complexity index is 1540. The third-order valence-corrected chi connectivity index (χ3v) is 5.28. The quantitative estimate of drug-likeness (QED) is 0.335. The van der Waals surface area contributed by atoms with Gasteiger partial charge in [0.15, 0.2) is 5.65 Å². The van der Waals surface area contributed by atoms with Crippen molar-refractivity contribution in [3.8, 4) is 34.8 Å². The van der Waals surface area contributed by atoms with Gasteiger partial charge in [0.1, 0.15) is 47.4 Å². The van der Waals surface area contributed by atoms with E-state index in [4.69, 9.17) is 26.1 Å². The molecule has 0 aliphatic rings. The largest absolute Gasteiger partial charge is 0.495 e. The molecule has 1 atom stereocenters. The minimum Gasteiger partial charge on any atom is -0.495 e. The molecule has 35 heavy (non-hydrogen) atoms. The highest BCUT2D eigenvalue weighted by atomic mass is 35.5. The minimum atomic E-state index is -0.248. The van der Waals surface area contributed by atoms with Crippen LogP contribution in [0.2, 0.25) is 5.02 Å². The summed E-state index contributed by atoms with van der Waals surface area (Å²) < 4.78 is 14.5. The number of tetrazole rings is 1. The maximum atomic E-state index is 9.74. The number of ether oxygens (including phenoxy) is 2. The van der Waals surface area contributed by atoms with Gasteiger partial charge in [0, 0.05) is 11.1 Å². The maximum absolute atomic E-state index is 9.74. The molecule has 1 aromatic carbocycles. The van der Waals surface area contributed by atoms with E-state index in [0.29, 0.717) is 57.0 Å². The number of nitriles is 1. The first-order chi connectivity index (χ1) is 17.1. The lowest BCUT2D eigenvalue weighted by Crippen LogP contribution is -2.20. The Morgan fingerprint density at radius 2 is 2.03 bits per heavy atom. The predicted octanol–water partition coefficient (Wildman–Crippen LogP) is 2.87. The van der Waals surface area contributed by atoms with Crippen LogP contribution in [-0.2, 0) is 6.54 Å². The lowest BCUT2D eigenvalue weighted by atomic mass is 10.1. The molecule has 0 aliphatic heterocycles. The zero-order chi connectivity index (χ0) is 24.4. The third kappa shape index (κ3) is 4.44. The summed E-state index contributed by atoms with van der Waals surface area (Å²) in [6.07, 6.45) is 5.97. The van der Waals surface area contributed by atoms with Crippen LogP contribution in [0.1, 0.15) is 12.5 Å². The molecule has 0 saturated carbocycles. The molecule has 12 nitrogen and oxygen atoms in total. The van der Waals surface area contributed by atoms with Crippen LogP contribution < -0.4 is 9.47 Å². The smallest absolute Gasteiger partial charge is 0.233 e. The Labute approximate surface area is 203 Å². The number of nitrogens with zero attached hydrogens (tertiary/aromatic N) is 10. The Morgan fingerprint density at radius 1 is 1.14 bits per heavy atom. The van der Waals surface area contributed by atoms with E-state index in [2.05, 4.69) is 36.5 Å². The first-order valence-electron chi connectivity index (χ1n) is 10.4. The van der Waals surface area contributed by atoms with Gasteiger partial charge in [-0.25, -0.2) is 19.6 Å². The van der Waals surface area contributed by atoms with E-state index in [9.17, 15) is 5.26 Å². The number of imidazole rings is 1. The SMILES string of the molecule is COc1cc(Cl)cc(-n2cnc3ccc(-c4cncc(O[C@@H](C)Cn5cnnn5)n4)nc32)c1C#N. The Balaban J connectivity index is 1.50. The number of methoxy groups -OCH3 is 1. The fourth-order valence-corrected chi connectivity index (χ4v) is 3.75. The Kier molecular flexibility index (Phi) is 5.90. The van der Waals surface area contributed by atoms with E-state index in [1.54, 1.807) is 40.0 Å². The van der Waals surface area contributed by atoms with Crippen LogP contribution in [0.25, 0.3) is 28.2 Å². The van der Waals surface area contributed by atoms with Crippen molar-refractivity contribution >= 4 is 22.8 Å². The van der Waals surface area contributed by atoms with Gasteiger partial charge in [-0.1, -0.05) is 11.6 Å². The molecule has 0 N–H and O–H groups in total. The summed E-state index contributed by atoms with van der Waals surface area (Å²) in [5.41, 5.74) is 3.03. The number of pyridine rings is 1. The normalized spacial score (nSPS) is 11.8. The second-order valence-corrected chi connectivity index (χ2v) is 7.91. The highest BCUT2D eigenvalue weighted by Crippen LogP contribution is 2.31. The third-order valence-electron chi connectivity index (χ3n) is 5.06. The van der Waals surface area contributed by atoms with Gasteiger partial charge in [-0.15, -0.1) is 5.10 Å². The second-order valence-electron chi connectivity index (χ2n) is 7.47. The second kappa shape index (κ2) is 9.32. The summed E-state index contributed by atoms with van der Waals surface area (Å²) in [6.45, 7) is 2.33. The number of benzene rings is 1. The van der Waals surface area contributed by atoms with E-state index < -0.39 is 0 Å². The molecule has 13 heteroatoms. The van der Waals surface area contributed by atoms with Gasteiger partial charge in [0.05, 0.1) is 37.4 Å². The van der Waals surface area contributed by atoms with E-state index in [-0.39, 0.29) is 6.10 Å². The number of halogens is 1. The Morgan fingerprint density at radius 3 is 2.80 bits per heavy atom. The van der Waals surface area contributed by atoms with Gasteiger partial charge in [-0.3, -0.25) is 9.55 Å². The summed E-state index contributed by atoms with van der Waals surface area (Å²) >= 11 is 6.27. The van der Waals surface area contributed by atoms with Gasteiger partial charge in [-0.2, -0.15) is 5.26 Å². The van der Waals surface area contributed by atoms with E-state index in [1.165, 1.54) is 19.6 Å². The van der Waals surface area contributed by atoms with Crippen molar-refractivity contribution in [2.24, 2.45) is 0 Å². The average Bonchev–Trinajstić information content (AvgIpc) is 3.53. The van der Waals surface area contributed by atoms with Crippen LogP contribution in [0.3, 0.4) is 0 Å². The van der Waals surface area contributed by atoms with Crippen molar-refractivity contribution in [3.63, 3.8) is 0 Å². The van der Waals surface area contributed by atoms with Gasteiger partial charge in [0.2, 0.25) is 5.88 Å². The molecule has 0 bridgehead atoms. The van der Waals surface area contributed by atoms with Crippen LogP contribution in [0.15, 0.2) is 49.3 Å². The van der Waals surface area contributed by atoms with Crippen molar-refractivity contribution in [3.05, 3.63) is 59.9 Å². The average molecular weight is 489 g/mol. The molecular formula is C22H17ClN10O2. The number of hydrogen-bond donors (Lipinski definition) is 0. The standard InChI is InChI=1S/C22H17ClN10O2/c1-13(10-32-12-27-30-31-32)35-21-9-25-8-18(28-21)16-3-4-17-22(29-16)33(11-26-17)19-5-14(23)6-20(34-2)15(19)7-24/h3-6,8-9,11-13H,10H2,1-2H3/t13-/m0/s1. The number of aromatic nitrogens is 9. The summed E-state index contributed by atoms with van der Waals surface area (Å²) in [7, 11) is 1.48. The molecule has 4 heterocycles. The van der Waals surface area contributed by atoms with Crippen LogP contribution in [0.5, 0.6) is 11.6 Å². The monoisotopic (exact) mass is 488 g/mol. The number of hydrogen-bond acceptors (Lipinski definition) is 10. The first kappa shape index (κ1) is 22.2. The minimum absolute atomic E-state index is 0.248. The van der Waals surface area contributed by atoms with Crippen LogP contribution in [0.4, 0.5) is 0 Å². The molecule has 0 amide bonds. The molecule has 0 unspecified atom stereocenters. The lowest BCUT2D eigenvalue weighted by molar-refractivity contribution is 0.185.